The number of carbonyl (C=O) groups excluding carboxylic acids is 1. The Labute approximate surface area is 94.4 Å². The molecule has 1 amide bonds. The number of nitrogens with one attached hydrogen (secondary N) is 1. The Morgan fingerprint density at radius 1 is 1.44 bits per heavy atom. The van der Waals surface area contributed by atoms with Gasteiger partial charge in [-0.1, -0.05) is 11.6 Å². The number of fused-ring (bicyclic) bond motifs is 1. The monoisotopic (exact) mass is 217 g/mol. The summed E-state index contributed by atoms with van der Waals surface area (Å²) in [7, 11) is 0. The second-order valence-electron chi connectivity index (χ2n) is 3.89. The van der Waals surface area contributed by atoms with Crippen molar-refractivity contribution in [3.05, 3.63) is 35.6 Å². The van der Waals surface area contributed by atoms with Gasteiger partial charge in [0, 0.05) is 17.5 Å². The highest BCUT2D eigenvalue weighted by molar-refractivity contribution is 5.87. The topological polar surface area (TPSA) is 42.2 Å². The SMILES string of the molecule is CCNC(=O)Cc1coc2ccc(C)cc12. The first-order chi connectivity index (χ1) is 7.70. The van der Waals surface area contributed by atoms with E-state index in [9.17, 15) is 4.79 Å². The predicted octanol–water partition coefficient (Wildman–Crippen LogP) is 2.42. The van der Waals surface area contributed by atoms with Crippen molar-refractivity contribution in [2.24, 2.45) is 0 Å². The van der Waals surface area contributed by atoms with Gasteiger partial charge in [-0.25, -0.2) is 0 Å². The predicted molar refractivity (Wildman–Crippen MR) is 63.3 cm³/mol. The number of rotatable bonds is 3. The number of hydrogen-bond donors (Lipinski definition) is 1. The molecular formula is C13H15NO2. The van der Waals surface area contributed by atoms with E-state index in [2.05, 4.69) is 5.32 Å². The van der Waals surface area contributed by atoms with Gasteiger partial charge in [0.15, 0.2) is 0 Å². The van der Waals surface area contributed by atoms with E-state index >= 15 is 0 Å². The summed E-state index contributed by atoms with van der Waals surface area (Å²) in [5, 5.41) is 3.82. The van der Waals surface area contributed by atoms with Gasteiger partial charge in [0.25, 0.3) is 0 Å². The first kappa shape index (κ1) is 10.7. The number of likely N-dealkylation sites (N-methyl/N-ethyl adjacent to an activating group) is 1. The average molecular weight is 217 g/mol. The number of aryl methyl sites for hydroxylation is 1. The lowest BCUT2D eigenvalue weighted by atomic mass is 10.1. The summed E-state index contributed by atoms with van der Waals surface area (Å²) < 4.78 is 5.40. The van der Waals surface area contributed by atoms with Gasteiger partial charge in [-0.05, 0) is 26.0 Å². The van der Waals surface area contributed by atoms with E-state index in [0.29, 0.717) is 13.0 Å². The van der Waals surface area contributed by atoms with Crippen LogP contribution in [0.1, 0.15) is 18.1 Å². The van der Waals surface area contributed by atoms with Crippen molar-refractivity contribution in [1.29, 1.82) is 0 Å². The zero-order valence-corrected chi connectivity index (χ0v) is 9.54. The van der Waals surface area contributed by atoms with Gasteiger partial charge >= 0.3 is 0 Å². The molecule has 0 bridgehead atoms. The van der Waals surface area contributed by atoms with Crippen molar-refractivity contribution in [2.45, 2.75) is 20.3 Å². The molecule has 0 saturated heterocycles. The molecule has 0 aliphatic heterocycles. The fourth-order valence-electron chi connectivity index (χ4n) is 1.77. The lowest BCUT2D eigenvalue weighted by molar-refractivity contribution is -0.120. The Bertz CT molecular complexity index is 514. The molecule has 3 nitrogen and oxygen atoms in total. The fourth-order valence-corrected chi connectivity index (χ4v) is 1.77. The van der Waals surface area contributed by atoms with Gasteiger partial charge in [0.05, 0.1) is 12.7 Å². The van der Waals surface area contributed by atoms with Crippen LogP contribution in [-0.4, -0.2) is 12.5 Å². The molecule has 0 fully saturated rings. The Kier molecular flexibility index (Phi) is 2.95. The number of carbonyl (C=O) groups is 1. The molecule has 16 heavy (non-hydrogen) atoms. The minimum Gasteiger partial charge on any atom is -0.464 e. The van der Waals surface area contributed by atoms with Gasteiger partial charge in [0.1, 0.15) is 5.58 Å². The zero-order valence-electron chi connectivity index (χ0n) is 9.54. The molecule has 1 aromatic heterocycles. The molecule has 0 spiro atoms. The third kappa shape index (κ3) is 2.08. The molecule has 2 aromatic rings. The number of hydrogen-bond acceptors (Lipinski definition) is 2. The van der Waals surface area contributed by atoms with E-state index in [4.69, 9.17) is 4.42 Å². The van der Waals surface area contributed by atoms with Crippen molar-refractivity contribution in [2.75, 3.05) is 6.54 Å². The summed E-state index contributed by atoms with van der Waals surface area (Å²) >= 11 is 0. The van der Waals surface area contributed by atoms with Crippen molar-refractivity contribution < 1.29 is 9.21 Å². The molecule has 0 aliphatic carbocycles. The average Bonchev–Trinajstić information content (AvgIpc) is 2.61. The summed E-state index contributed by atoms with van der Waals surface area (Å²) in [5.41, 5.74) is 2.96. The van der Waals surface area contributed by atoms with Crippen LogP contribution in [0.25, 0.3) is 11.0 Å². The van der Waals surface area contributed by atoms with E-state index in [-0.39, 0.29) is 5.91 Å². The van der Waals surface area contributed by atoms with E-state index in [1.54, 1.807) is 6.26 Å². The quantitative estimate of drug-likeness (QED) is 0.857. The zero-order chi connectivity index (χ0) is 11.5. The first-order valence-corrected chi connectivity index (χ1v) is 5.44. The summed E-state index contributed by atoms with van der Waals surface area (Å²) in [4.78, 5) is 11.5. The van der Waals surface area contributed by atoms with E-state index in [1.807, 2.05) is 32.0 Å². The molecule has 3 heteroatoms. The summed E-state index contributed by atoms with van der Waals surface area (Å²) in [6.45, 7) is 4.60. The van der Waals surface area contributed by atoms with Crippen LogP contribution in [-0.2, 0) is 11.2 Å². The maximum Gasteiger partial charge on any atom is 0.224 e. The minimum absolute atomic E-state index is 0.0340. The third-order valence-electron chi connectivity index (χ3n) is 2.53. The lowest BCUT2D eigenvalue weighted by Gasteiger charge is -2.00. The van der Waals surface area contributed by atoms with Crippen LogP contribution in [0.3, 0.4) is 0 Å². The maximum absolute atomic E-state index is 11.5. The summed E-state index contributed by atoms with van der Waals surface area (Å²) in [6, 6.07) is 5.99. The number of furan rings is 1. The Morgan fingerprint density at radius 2 is 2.25 bits per heavy atom. The van der Waals surface area contributed by atoms with Crippen molar-refractivity contribution in [1.82, 2.24) is 5.32 Å². The summed E-state index contributed by atoms with van der Waals surface area (Å²) in [6.07, 6.45) is 2.05. The van der Waals surface area contributed by atoms with Gasteiger partial charge < -0.3 is 9.73 Å². The molecule has 0 radical (unpaired) electrons. The van der Waals surface area contributed by atoms with E-state index in [1.165, 1.54) is 5.56 Å². The molecule has 1 aromatic carbocycles. The standard InChI is InChI=1S/C13H15NO2/c1-3-14-13(15)7-10-8-16-12-5-4-9(2)6-11(10)12/h4-6,8H,3,7H2,1-2H3,(H,14,15). The molecule has 84 valence electrons. The molecular weight excluding hydrogens is 202 g/mol. The van der Waals surface area contributed by atoms with Crippen LogP contribution in [0.2, 0.25) is 0 Å². The largest absolute Gasteiger partial charge is 0.464 e. The van der Waals surface area contributed by atoms with E-state index in [0.717, 1.165) is 16.5 Å². The Morgan fingerprint density at radius 3 is 3.00 bits per heavy atom. The van der Waals surface area contributed by atoms with Gasteiger partial charge in [-0.3, -0.25) is 4.79 Å². The van der Waals surface area contributed by atoms with Crippen LogP contribution in [0, 0.1) is 6.92 Å². The third-order valence-corrected chi connectivity index (χ3v) is 2.53. The Hall–Kier alpha value is -1.77. The highest BCUT2D eigenvalue weighted by atomic mass is 16.3. The fraction of sp³-hybridized carbons (Fsp3) is 0.308. The number of benzene rings is 1. The van der Waals surface area contributed by atoms with Crippen molar-refractivity contribution in [3.8, 4) is 0 Å². The molecule has 2 rings (SSSR count). The summed E-state index contributed by atoms with van der Waals surface area (Å²) in [5.74, 6) is 0.0340. The molecule has 0 unspecified atom stereocenters. The second kappa shape index (κ2) is 4.39. The van der Waals surface area contributed by atoms with Crippen molar-refractivity contribution in [3.63, 3.8) is 0 Å². The molecule has 0 atom stereocenters. The van der Waals surface area contributed by atoms with Gasteiger partial charge in [-0.15, -0.1) is 0 Å². The minimum atomic E-state index is 0.0340. The van der Waals surface area contributed by atoms with Crippen LogP contribution < -0.4 is 5.32 Å². The molecule has 0 aliphatic rings. The highest BCUT2D eigenvalue weighted by Gasteiger charge is 2.09. The Balaban J connectivity index is 2.30. The van der Waals surface area contributed by atoms with Gasteiger partial charge in [0.2, 0.25) is 5.91 Å². The van der Waals surface area contributed by atoms with Crippen LogP contribution in [0.15, 0.2) is 28.9 Å². The smallest absolute Gasteiger partial charge is 0.224 e. The first-order valence-electron chi connectivity index (χ1n) is 5.44. The maximum atomic E-state index is 11.5. The van der Waals surface area contributed by atoms with Gasteiger partial charge in [-0.2, -0.15) is 0 Å². The highest BCUT2D eigenvalue weighted by Crippen LogP contribution is 2.22. The van der Waals surface area contributed by atoms with Crippen LogP contribution >= 0.6 is 0 Å². The lowest BCUT2D eigenvalue weighted by Crippen LogP contribution is -2.24. The molecule has 0 saturated carbocycles. The van der Waals surface area contributed by atoms with E-state index < -0.39 is 0 Å². The normalized spacial score (nSPS) is 10.6. The molecule has 1 heterocycles. The van der Waals surface area contributed by atoms with Crippen LogP contribution in [0.4, 0.5) is 0 Å². The number of amides is 1. The van der Waals surface area contributed by atoms with Crippen LogP contribution in [0.5, 0.6) is 0 Å². The molecule has 1 N–H and O–H groups in total. The van der Waals surface area contributed by atoms with Crippen molar-refractivity contribution >= 4 is 16.9 Å². The second-order valence-corrected chi connectivity index (χ2v) is 3.89.